The van der Waals surface area contributed by atoms with Crippen molar-refractivity contribution in [1.82, 2.24) is 0 Å². The van der Waals surface area contributed by atoms with Crippen LogP contribution in [0.2, 0.25) is 0 Å². The second-order valence-corrected chi connectivity index (χ2v) is 3.29. The Balaban J connectivity index is 2.22. The molecule has 0 atom stereocenters. The average Bonchev–Trinajstić information content (AvgIpc) is 2.04. The van der Waals surface area contributed by atoms with Crippen LogP contribution in [0.25, 0.3) is 0 Å². The third-order valence-electron chi connectivity index (χ3n) is 2.37. The van der Waals surface area contributed by atoms with Gasteiger partial charge in [0.15, 0.2) is 0 Å². The van der Waals surface area contributed by atoms with Crippen LogP contribution in [0.15, 0.2) is 12.2 Å². The van der Waals surface area contributed by atoms with Crippen molar-refractivity contribution < 1.29 is 4.79 Å². The molecule has 1 nitrogen and oxygen atoms in total. The first-order valence-corrected chi connectivity index (χ1v) is 4.45. The van der Waals surface area contributed by atoms with Gasteiger partial charge in [0.2, 0.25) is 0 Å². The Kier molecular flexibility index (Phi) is 3.34. The first-order valence-electron chi connectivity index (χ1n) is 4.45. The van der Waals surface area contributed by atoms with E-state index in [4.69, 9.17) is 0 Å². The van der Waals surface area contributed by atoms with Gasteiger partial charge < -0.3 is 0 Å². The van der Waals surface area contributed by atoms with E-state index in [-0.39, 0.29) is 0 Å². The molecule has 0 radical (unpaired) electrons. The van der Waals surface area contributed by atoms with Crippen molar-refractivity contribution >= 4 is 5.78 Å². The molecule has 0 aliphatic heterocycles. The minimum atomic E-state index is 0.460. The Morgan fingerprint density at radius 1 is 1.45 bits per heavy atom. The van der Waals surface area contributed by atoms with Gasteiger partial charge in [-0.3, -0.25) is 4.79 Å². The largest absolute Gasteiger partial charge is 0.300 e. The van der Waals surface area contributed by atoms with Crippen molar-refractivity contribution in [2.24, 2.45) is 5.92 Å². The number of hydrogen-bond acceptors (Lipinski definition) is 1. The van der Waals surface area contributed by atoms with E-state index in [2.05, 4.69) is 12.2 Å². The van der Waals surface area contributed by atoms with E-state index in [9.17, 15) is 4.79 Å². The molecule has 0 spiro atoms. The summed E-state index contributed by atoms with van der Waals surface area (Å²) in [6.45, 7) is 2.05. The fraction of sp³-hybridized carbons (Fsp3) is 0.700. The summed E-state index contributed by atoms with van der Waals surface area (Å²) >= 11 is 0. The maximum atomic E-state index is 10.9. The van der Waals surface area contributed by atoms with E-state index in [0.717, 1.165) is 31.6 Å². The summed E-state index contributed by atoms with van der Waals surface area (Å²) < 4.78 is 0. The molecule has 1 aliphatic rings. The van der Waals surface area contributed by atoms with E-state index in [1.54, 1.807) is 0 Å². The predicted molar refractivity (Wildman–Crippen MR) is 46.4 cm³/mol. The van der Waals surface area contributed by atoms with Gasteiger partial charge in [-0.15, -0.1) is 0 Å². The van der Waals surface area contributed by atoms with Crippen molar-refractivity contribution in [3.05, 3.63) is 12.2 Å². The average molecular weight is 152 g/mol. The molecule has 0 N–H and O–H groups in total. The Bertz CT molecular complexity index is 148. The van der Waals surface area contributed by atoms with Crippen molar-refractivity contribution in [1.29, 1.82) is 0 Å². The lowest BCUT2D eigenvalue weighted by molar-refractivity contribution is -0.120. The number of allylic oxidation sites excluding steroid dienone is 2. The van der Waals surface area contributed by atoms with Crippen molar-refractivity contribution in [2.45, 2.75) is 39.0 Å². The Morgan fingerprint density at radius 3 is 2.64 bits per heavy atom. The lowest BCUT2D eigenvalue weighted by atomic mass is 9.86. The minimum absolute atomic E-state index is 0.460. The summed E-state index contributed by atoms with van der Waals surface area (Å²) in [5.41, 5.74) is 0. The van der Waals surface area contributed by atoms with Gasteiger partial charge in [-0.05, 0) is 32.1 Å². The summed E-state index contributed by atoms with van der Waals surface area (Å²) in [6, 6.07) is 0. The molecule has 1 fully saturated rings. The molecule has 0 aromatic carbocycles. The molecule has 0 aromatic rings. The van der Waals surface area contributed by atoms with Crippen LogP contribution in [-0.4, -0.2) is 5.78 Å². The van der Waals surface area contributed by atoms with Gasteiger partial charge in [0.1, 0.15) is 5.78 Å². The zero-order valence-corrected chi connectivity index (χ0v) is 7.18. The zero-order valence-electron chi connectivity index (χ0n) is 7.18. The van der Waals surface area contributed by atoms with Crippen LogP contribution in [-0.2, 0) is 4.79 Å². The quantitative estimate of drug-likeness (QED) is 0.556. The van der Waals surface area contributed by atoms with Gasteiger partial charge in [-0.1, -0.05) is 12.2 Å². The fourth-order valence-corrected chi connectivity index (χ4v) is 1.56. The molecule has 11 heavy (non-hydrogen) atoms. The third kappa shape index (κ3) is 2.87. The Labute approximate surface area is 68.5 Å². The first-order chi connectivity index (χ1) is 5.33. The fourth-order valence-electron chi connectivity index (χ4n) is 1.56. The smallest absolute Gasteiger partial charge is 0.132 e. The molecule has 1 rings (SSSR count). The summed E-state index contributed by atoms with van der Waals surface area (Å²) in [5.74, 6) is 1.24. The Hall–Kier alpha value is -0.590. The molecular formula is C10H16O. The van der Waals surface area contributed by atoms with E-state index in [0.29, 0.717) is 5.78 Å². The number of carbonyl (C=O) groups is 1. The van der Waals surface area contributed by atoms with Crippen LogP contribution in [0.3, 0.4) is 0 Å². The molecule has 1 heteroatoms. The normalized spacial score (nSPS) is 21.4. The van der Waals surface area contributed by atoms with Crippen LogP contribution < -0.4 is 0 Å². The second kappa shape index (κ2) is 4.32. The monoisotopic (exact) mass is 152 g/mol. The summed E-state index contributed by atoms with van der Waals surface area (Å²) in [4.78, 5) is 10.9. The summed E-state index contributed by atoms with van der Waals surface area (Å²) in [5, 5.41) is 0. The highest BCUT2D eigenvalue weighted by Crippen LogP contribution is 2.24. The number of ketones is 1. The van der Waals surface area contributed by atoms with Gasteiger partial charge in [-0.2, -0.15) is 0 Å². The van der Waals surface area contributed by atoms with E-state index < -0.39 is 0 Å². The predicted octanol–water partition coefficient (Wildman–Crippen LogP) is 2.71. The van der Waals surface area contributed by atoms with Crippen LogP contribution in [0.1, 0.15) is 39.0 Å². The first kappa shape index (κ1) is 8.51. The molecule has 1 aliphatic carbocycles. The van der Waals surface area contributed by atoms with Crippen molar-refractivity contribution in [3.63, 3.8) is 0 Å². The van der Waals surface area contributed by atoms with Gasteiger partial charge in [0.25, 0.3) is 0 Å². The molecule has 0 heterocycles. The van der Waals surface area contributed by atoms with Gasteiger partial charge in [-0.25, -0.2) is 0 Å². The van der Waals surface area contributed by atoms with E-state index in [1.165, 1.54) is 6.42 Å². The Morgan fingerprint density at radius 2 is 2.09 bits per heavy atom. The number of hydrogen-bond donors (Lipinski definition) is 0. The van der Waals surface area contributed by atoms with E-state index in [1.807, 2.05) is 6.92 Å². The maximum absolute atomic E-state index is 10.9. The molecule has 0 bridgehead atoms. The second-order valence-electron chi connectivity index (χ2n) is 3.29. The van der Waals surface area contributed by atoms with Crippen LogP contribution in [0, 0.1) is 5.92 Å². The molecule has 0 unspecified atom stereocenters. The lowest BCUT2D eigenvalue weighted by Crippen LogP contribution is -2.12. The van der Waals surface area contributed by atoms with Crippen LogP contribution >= 0.6 is 0 Å². The standard InChI is InChI=1S/C10H16O/c1-2-3-4-9-5-7-10(11)8-6-9/h2-3,9H,4-8H2,1H3. The molecule has 0 aromatic heterocycles. The highest BCUT2D eigenvalue weighted by Gasteiger charge is 2.16. The minimum Gasteiger partial charge on any atom is -0.300 e. The molecule has 0 saturated heterocycles. The number of Topliss-reactive ketones (excluding diaryl/α,β-unsaturated/α-hetero) is 1. The van der Waals surface area contributed by atoms with Gasteiger partial charge in [0.05, 0.1) is 0 Å². The summed E-state index contributed by atoms with van der Waals surface area (Å²) in [7, 11) is 0. The topological polar surface area (TPSA) is 17.1 Å². The van der Waals surface area contributed by atoms with Crippen LogP contribution in [0.4, 0.5) is 0 Å². The summed E-state index contributed by atoms with van der Waals surface area (Å²) in [6.07, 6.45) is 9.34. The van der Waals surface area contributed by atoms with E-state index >= 15 is 0 Å². The maximum Gasteiger partial charge on any atom is 0.132 e. The molecule has 62 valence electrons. The van der Waals surface area contributed by atoms with Crippen molar-refractivity contribution in [2.75, 3.05) is 0 Å². The van der Waals surface area contributed by atoms with Crippen molar-refractivity contribution in [3.8, 4) is 0 Å². The molecule has 0 amide bonds. The lowest BCUT2D eigenvalue weighted by Gasteiger charge is -2.18. The highest BCUT2D eigenvalue weighted by atomic mass is 16.1. The highest BCUT2D eigenvalue weighted by molar-refractivity contribution is 5.79. The molecule has 1 saturated carbocycles. The number of rotatable bonds is 2. The van der Waals surface area contributed by atoms with Crippen LogP contribution in [0.5, 0.6) is 0 Å². The zero-order chi connectivity index (χ0) is 8.10. The third-order valence-corrected chi connectivity index (χ3v) is 2.37. The van der Waals surface area contributed by atoms with Gasteiger partial charge >= 0.3 is 0 Å². The van der Waals surface area contributed by atoms with Gasteiger partial charge in [0, 0.05) is 12.8 Å². The SMILES string of the molecule is CC=CCC1CCC(=O)CC1. The molecular weight excluding hydrogens is 136 g/mol. The number of carbonyl (C=O) groups excluding carboxylic acids is 1.